The summed E-state index contributed by atoms with van der Waals surface area (Å²) >= 11 is 0. The highest BCUT2D eigenvalue weighted by molar-refractivity contribution is 5.68. The maximum Gasteiger partial charge on any atom is 0.410 e. The van der Waals surface area contributed by atoms with Crippen LogP contribution >= 0.6 is 0 Å². The van der Waals surface area contributed by atoms with Gasteiger partial charge in [0.25, 0.3) is 0 Å². The highest BCUT2D eigenvalue weighted by Crippen LogP contribution is 2.23. The van der Waals surface area contributed by atoms with E-state index in [0.29, 0.717) is 12.5 Å². The lowest BCUT2D eigenvalue weighted by molar-refractivity contribution is 0.0286. The number of nitrogens with two attached hydrogens (primary N) is 1. The molecule has 2 N–H and O–H groups in total. The van der Waals surface area contributed by atoms with Gasteiger partial charge in [0.2, 0.25) is 0 Å². The van der Waals surface area contributed by atoms with Crippen LogP contribution < -0.4 is 5.73 Å². The molecule has 0 spiro atoms. The molecule has 5 nitrogen and oxygen atoms in total. The number of ether oxygens (including phenoxy) is 2. The van der Waals surface area contributed by atoms with Crippen LogP contribution in [0, 0.1) is 5.92 Å². The van der Waals surface area contributed by atoms with Crippen molar-refractivity contribution >= 4 is 6.09 Å². The maximum absolute atomic E-state index is 11.9. The number of carbonyl (C=O) groups is 1. The number of likely N-dealkylation sites (tertiary alicyclic amines) is 1. The van der Waals surface area contributed by atoms with Crippen LogP contribution in [0.5, 0.6) is 0 Å². The van der Waals surface area contributed by atoms with Crippen molar-refractivity contribution in [3.8, 4) is 0 Å². The van der Waals surface area contributed by atoms with Gasteiger partial charge in [-0.2, -0.15) is 0 Å². The topological polar surface area (TPSA) is 64.8 Å². The van der Waals surface area contributed by atoms with Crippen molar-refractivity contribution in [2.75, 3.05) is 26.8 Å². The summed E-state index contributed by atoms with van der Waals surface area (Å²) in [5.41, 5.74) is 5.74. The number of methoxy groups -OCH3 is 1. The first-order valence-corrected chi connectivity index (χ1v) is 7.06. The SMILES string of the molecule is COCCCC(N)C1CCN(C(=O)OC(C)(C)C)C1. The van der Waals surface area contributed by atoms with Crippen molar-refractivity contribution in [2.45, 2.75) is 51.7 Å². The first-order valence-electron chi connectivity index (χ1n) is 7.06. The molecule has 0 radical (unpaired) electrons. The summed E-state index contributed by atoms with van der Waals surface area (Å²) in [4.78, 5) is 13.7. The van der Waals surface area contributed by atoms with E-state index in [9.17, 15) is 4.79 Å². The van der Waals surface area contributed by atoms with E-state index < -0.39 is 5.60 Å². The Kier molecular flexibility index (Phi) is 6.07. The molecule has 2 atom stereocenters. The first kappa shape index (κ1) is 16.2. The third-order valence-electron chi connectivity index (χ3n) is 3.37. The van der Waals surface area contributed by atoms with Gasteiger partial charge in [-0.05, 0) is 46.0 Å². The van der Waals surface area contributed by atoms with Gasteiger partial charge in [0.15, 0.2) is 0 Å². The van der Waals surface area contributed by atoms with Gasteiger partial charge >= 0.3 is 6.09 Å². The maximum atomic E-state index is 11.9. The Labute approximate surface area is 116 Å². The molecule has 0 aromatic heterocycles. The summed E-state index contributed by atoms with van der Waals surface area (Å²) in [5, 5.41) is 0. The van der Waals surface area contributed by atoms with Crippen LogP contribution in [0.3, 0.4) is 0 Å². The van der Waals surface area contributed by atoms with Crippen LogP contribution in [-0.2, 0) is 9.47 Å². The first-order chi connectivity index (χ1) is 8.83. The van der Waals surface area contributed by atoms with Crippen LogP contribution in [0.25, 0.3) is 0 Å². The molecular weight excluding hydrogens is 244 g/mol. The van der Waals surface area contributed by atoms with Gasteiger partial charge in [-0.15, -0.1) is 0 Å². The number of nitrogens with zero attached hydrogens (tertiary/aromatic N) is 1. The van der Waals surface area contributed by atoms with Crippen molar-refractivity contribution in [3.05, 3.63) is 0 Å². The highest BCUT2D eigenvalue weighted by Gasteiger charge is 2.32. The van der Waals surface area contributed by atoms with E-state index >= 15 is 0 Å². The van der Waals surface area contributed by atoms with Gasteiger partial charge in [0.1, 0.15) is 5.60 Å². The lowest BCUT2D eigenvalue weighted by Crippen LogP contribution is -2.37. The zero-order valence-corrected chi connectivity index (χ0v) is 12.6. The number of rotatable bonds is 5. The zero-order chi connectivity index (χ0) is 14.5. The average Bonchev–Trinajstić information content (AvgIpc) is 2.76. The summed E-state index contributed by atoms with van der Waals surface area (Å²) in [6.07, 6.45) is 2.66. The zero-order valence-electron chi connectivity index (χ0n) is 12.6. The number of carbonyl (C=O) groups excluding carboxylic acids is 1. The van der Waals surface area contributed by atoms with Crippen LogP contribution in [0.2, 0.25) is 0 Å². The number of hydrogen-bond donors (Lipinski definition) is 1. The summed E-state index contributed by atoms with van der Waals surface area (Å²) in [7, 11) is 1.70. The van der Waals surface area contributed by atoms with Crippen LogP contribution in [0.1, 0.15) is 40.0 Å². The highest BCUT2D eigenvalue weighted by atomic mass is 16.6. The summed E-state index contributed by atoms with van der Waals surface area (Å²) < 4.78 is 10.4. The van der Waals surface area contributed by atoms with Gasteiger partial charge in [-0.3, -0.25) is 0 Å². The lowest BCUT2D eigenvalue weighted by atomic mass is 9.96. The molecule has 19 heavy (non-hydrogen) atoms. The molecule has 1 aliphatic rings. The van der Waals surface area contributed by atoms with Gasteiger partial charge in [-0.25, -0.2) is 4.79 Å². The Bertz CT molecular complexity index is 289. The Morgan fingerprint density at radius 3 is 2.74 bits per heavy atom. The largest absolute Gasteiger partial charge is 0.444 e. The average molecular weight is 272 g/mol. The van der Waals surface area contributed by atoms with Gasteiger partial charge in [-0.1, -0.05) is 0 Å². The van der Waals surface area contributed by atoms with Crippen molar-refractivity contribution < 1.29 is 14.3 Å². The molecule has 1 rings (SSSR count). The quantitative estimate of drug-likeness (QED) is 0.777. The molecule has 0 aromatic rings. The smallest absolute Gasteiger partial charge is 0.410 e. The second-order valence-corrected chi connectivity index (χ2v) is 6.27. The van der Waals surface area contributed by atoms with Crippen LogP contribution in [0.4, 0.5) is 4.79 Å². The molecule has 1 aliphatic heterocycles. The van der Waals surface area contributed by atoms with Crippen LogP contribution in [0.15, 0.2) is 0 Å². The molecular formula is C14H28N2O3. The number of hydrogen-bond acceptors (Lipinski definition) is 4. The second kappa shape index (κ2) is 7.10. The fourth-order valence-corrected chi connectivity index (χ4v) is 2.33. The van der Waals surface area contributed by atoms with E-state index in [1.807, 2.05) is 20.8 Å². The molecule has 1 saturated heterocycles. The molecule has 0 aliphatic carbocycles. The van der Waals surface area contributed by atoms with E-state index in [-0.39, 0.29) is 12.1 Å². The van der Waals surface area contributed by atoms with E-state index in [1.54, 1.807) is 12.0 Å². The Hall–Kier alpha value is -0.810. The molecule has 1 heterocycles. The molecule has 0 bridgehead atoms. The standard InChI is InChI=1S/C14H28N2O3/c1-14(2,3)19-13(17)16-8-7-11(10-16)12(15)6-5-9-18-4/h11-12H,5-10,15H2,1-4H3. The molecule has 1 fully saturated rings. The minimum Gasteiger partial charge on any atom is -0.444 e. The monoisotopic (exact) mass is 272 g/mol. The number of amides is 1. The predicted octanol–water partition coefficient (Wildman–Crippen LogP) is 2.00. The summed E-state index contributed by atoms with van der Waals surface area (Å²) in [5.74, 6) is 0.379. The molecule has 0 aromatic carbocycles. The van der Waals surface area contributed by atoms with Crippen LogP contribution in [-0.4, -0.2) is 49.4 Å². The molecule has 112 valence electrons. The van der Waals surface area contributed by atoms with Crippen molar-refractivity contribution in [3.63, 3.8) is 0 Å². The molecule has 1 amide bonds. The molecule has 5 heteroatoms. The minimum atomic E-state index is -0.435. The third kappa shape index (κ3) is 5.78. The Morgan fingerprint density at radius 1 is 1.47 bits per heavy atom. The van der Waals surface area contributed by atoms with Gasteiger partial charge < -0.3 is 20.1 Å². The fourth-order valence-electron chi connectivity index (χ4n) is 2.33. The Morgan fingerprint density at radius 2 is 2.16 bits per heavy atom. The summed E-state index contributed by atoms with van der Waals surface area (Å²) in [6, 6.07) is 0.141. The third-order valence-corrected chi connectivity index (χ3v) is 3.37. The molecule has 0 saturated carbocycles. The normalized spacial score (nSPS) is 21.5. The lowest BCUT2D eigenvalue weighted by Gasteiger charge is -2.25. The molecule has 2 unspecified atom stereocenters. The second-order valence-electron chi connectivity index (χ2n) is 6.27. The Balaban J connectivity index is 2.34. The van der Waals surface area contributed by atoms with E-state index in [1.165, 1.54) is 0 Å². The predicted molar refractivity (Wildman–Crippen MR) is 75.0 cm³/mol. The fraction of sp³-hybridized carbons (Fsp3) is 0.929. The van der Waals surface area contributed by atoms with E-state index in [2.05, 4.69) is 0 Å². The summed E-state index contributed by atoms with van der Waals surface area (Å²) in [6.45, 7) is 7.86. The van der Waals surface area contributed by atoms with Crippen molar-refractivity contribution in [2.24, 2.45) is 11.7 Å². The van der Waals surface area contributed by atoms with Gasteiger partial charge in [0, 0.05) is 32.8 Å². The van der Waals surface area contributed by atoms with Crippen molar-refractivity contribution in [1.29, 1.82) is 0 Å². The van der Waals surface area contributed by atoms with Crippen molar-refractivity contribution in [1.82, 2.24) is 4.90 Å². The van der Waals surface area contributed by atoms with E-state index in [0.717, 1.165) is 32.4 Å². The van der Waals surface area contributed by atoms with E-state index in [4.69, 9.17) is 15.2 Å². The minimum absolute atomic E-state index is 0.141. The van der Waals surface area contributed by atoms with Gasteiger partial charge in [0.05, 0.1) is 0 Å².